The van der Waals surface area contributed by atoms with Crippen molar-refractivity contribution >= 4 is 21.7 Å². The van der Waals surface area contributed by atoms with Gasteiger partial charge in [-0.05, 0) is 81.0 Å². The van der Waals surface area contributed by atoms with Crippen LogP contribution in [-0.2, 0) is 4.79 Å². The van der Waals surface area contributed by atoms with Gasteiger partial charge in [-0.2, -0.15) is 0 Å². The lowest BCUT2D eigenvalue weighted by atomic mass is 9.95. The minimum atomic E-state index is 0.0185. The zero-order valence-electron chi connectivity index (χ0n) is 16.5. The van der Waals surface area contributed by atoms with Crippen molar-refractivity contribution in [2.75, 3.05) is 0 Å². The summed E-state index contributed by atoms with van der Waals surface area (Å²) in [6.45, 7) is 17.5. The number of carbonyl (C=O) groups is 1. The molecule has 0 fully saturated rings. The van der Waals surface area contributed by atoms with Crippen molar-refractivity contribution in [2.45, 2.75) is 54.4 Å². The molecular formula is C22H30BrNO. The molecule has 0 aliphatic carbocycles. The molecule has 0 radical (unpaired) electrons. The van der Waals surface area contributed by atoms with Crippen molar-refractivity contribution in [3.63, 3.8) is 0 Å². The number of pyridine rings is 1. The molecule has 2 nitrogen and oxygen atoms in total. The Morgan fingerprint density at radius 2 is 1.64 bits per heavy atom. The van der Waals surface area contributed by atoms with Crippen LogP contribution in [0, 0.1) is 27.7 Å². The molecule has 2 aromatic rings. The van der Waals surface area contributed by atoms with Gasteiger partial charge < -0.3 is 0 Å². The lowest BCUT2D eigenvalue weighted by Gasteiger charge is -2.12. The fourth-order valence-electron chi connectivity index (χ4n) is 1.98. The number of aryl methyl sites for hydroxylation is 2. The molecule has 25 heavy (non-hydrogen) atoms. The molecule has 0 atom stereocenters. The Hall–Kier alpha value is -1.74. The van der Waals surface area contributed by atoms with Gasteiger partial charge in [0.2, 0.25) is 0 Å². The summed E-state index contributed by atoms with van der Waals surface area (Å²) in [6.07, 6.45) is 3.15. The zero-order chi connectivity index (χ0) is 19.6. The number of benzene rings is 1. The smallest absolute Gasteiger partial charge is 0.152 e. The summed E-state index contributed by atoms with van der Waals surface area (Å²) in [5, 5.41) is 0. The standard InChI is InChI=1S/C11H15Br.C7H9N.C4H6O/c1-7(2)10-5-6-11(12)9(4)8(10)3;1-6-3-4-7(2)8-5-6;1-3-4(2)5/h5-7H,1-4H3;3-5H,1-2H3;3H,1H2,2H3. The summed E-state index contributed by atoms with van der Waals surface area (Å²) < 4.78 is 1.21. The highest BCUT2D eigenvalue weighted by Crippen LogP contribution is 2.26. The second kappa shape index (κ2) is 11.8. The summed E-state index contributed by atoms with van der Waals surface area (Å²) >= 11 is 3.53. The third-order valence-corrected chi connectivity index (χ3v) is 4.59. The minimum absolute atomic E-state index is 0.0185. The maximum atomic E-state index is 9.69. The van der Waals surface area contributed by atoms with E-state index >= 15 is 0 Å². The number of nitrogens with zero attached hydrogens (tertiary/aromatic N) is 1. The van der Waals surface area contributed by atoms with E-state index in [0.717, 1.165) is 5.69 Å². The zero-order valence-corrected chi connectivity index (χ0v) is 18.1. The molecule has 1 aromatic heterocycles. The lowest BCUT2D eigenvalue weighted by molar-refractivity contribution is -0.112. The average Bonchev–Trinajstić information content (AvgIpc) is 2.56. The summed E-state index contributed by atoms with van der Waals surface area (Å²) in [5.41, 5.74) is 6.53. The van der Waals surface area contributed by atoms with Crippen LogP contribution in [0.4, 0.5) is 0 Å². The van der Waals surface area contributed by atoms with Gasteiger partial charge in [0, 0.05) is 16.4 Å². The highest BCUT2D eigenvalue weighted by molar-refractivity contribution is 9.10. The van der Waals surface area contributed by atoms with Crippen LogP contribution in [0.15, 0.2) is 47.6 Å². The summed E-state index contributed by atoms with van der Waals surface area (Å²) in [6, 6.07) is 8.41. The van der Waals surface area contributed by atoms with E-state index in [-0.39, 0.29) is 5.78 Å². The molecule has 0 amide bonds. The Balaban J connectivity index is 0.000000382. The second-order valence-corrected chi connectivity index (χ2v) is 7.19. The van der Waals surface area contributed by atoms with Crippen LogP contribution in [0.25, 0.3) is 0 Å². The Bertz CT molecular complexity index is 667. The summed E-state index contributed by atoms with van der Waals surface area (Å²) in [4.78, 5) is 13.8. The molecule has 0 unspecified atom stereocenters. The number of halogens is 1. The molecule has 1 heterocycles. The minimum Gasteiger partial charge on any atom is -0.295 e. The molecule has 0 saturated carbocycles. The number of allylic oxidation sites excluding steroid dienone is 1. The van der Waals surface area contributed by atoms with Gasteiger partial charge in [-0.3, -0.25) is 9.78 Å². The summed E-state index contributed by atoms with van der Waals surface area (Å²) in [7, 11) is 0. The largest absolute Gasteiger partial charge is 0.295 e. The van der Waals surface area contributed by atoms with E-state index in [1.165, 1.54) is 39.7 Å². The molecule has 1 aromatic carbocycles. The van der Waals surface area contributed by atoms with Crippen molar-refractivity contribution in [2.24, 2.45) is 0 Å². The fraction of sp³-hybridized carbons (Fsp3) is 0.364. The number of carbonyl (C=O) groups excluding carboxylic acids is 1. The van der Waals surface area contributed by atoms with Gasteiger partial charge >= 0.3 is 0 Å². The number of rotatable bonds is 2. The third-order valence-electron chi connectivity index (χ3n) is 3.73. The highest BCUT2D eigenvalue weighted by atomic mass is 79.9. The predicted octanol–water partition coefficient (Wildman–Crippen LogP) is 6.65. The Labute approximate surface area is 161 Å². The van der Waals surface area contributed by atoms with E-state index in [1.807, 2.05) is 26.1 Å². The van der Waals surface area contributed by atoms with E-state index in [4.69, 9.17) is 0 Å². The molecule has 136 valence electrons. The molecule has 0 bridgehead atoms. The van der Waals surface area contributed by atoms with Crippen molar-refractivity contribution in [3.8, 4) is 0 Å². The normalized spacial score (nSPS) is 9.48. The van der Waals surface area contributed by atoms with Crippen molar-refractivity contribution < 1.29 is 4.79 Å². The lowest BCUT2D eigenvalue weighted by Crippen LogP contribution is -1.94. The first-order valence-electron chi connectivity index (χ1n) is 8.38. The van der Waals surface area contributed by atoms with Gasteiger partial charge in [-0.15, -0.1) is 0 Å². The third kappa shape index (κ3) is 9.35. The Kier molecular flexibility index (Phi) is 10.9. The van der Waals surface area contributed by atoms with Crippen LogP contribution < -0.4 is 0 Å². The average molecular weight is 404 g/mol. The Morgan fingerprint density at radius 3 is 2.00 bits per heavy atom. The monoisotopic (exact) mass is 403 g/mol. The van der Waals surface area contributed by atoms with E-state index in [2.05, 4.69) is 73.4 Å². The van der Waals surface area contributed by atoms with Crippen molar-refractivity contribution in [3.05, 3.63) is 75.5 Å². The fourth-order valence-corrected chi connectivity index (χ4v) is 2.41. The van der Waals surface area contributed by atoms with Gasteiger partial charge in [0.05, 0.1) is 0 Å². The number of aromatic nitrogens is 1. The molecule has 0 aliphatic heterocycles. The predicted molar refractivity (Wildman–Crippen MR) is 112 cm³/mol. The molecule has 3 heteroatoms. The van der Waals surface area contributed by atoms with Gasteiger partial charge in [-0.1, -0.05) is 48.5 Å². The van der Waals surface area contributed by atoms with Crippen molar-refractivity contribution in [1.82, 2.24) is 4.98 Å². The Morgan fingerprint density at radius 1 is 1.08 bits per heavy atom. The number of hydrogen-bond acceptors (Lipinski definition) is 2. The van der Waals surface area contributed by atoms with E-state index in [0.29, 0.717) is 5.92 Å². The number of ketones is 1. The van der Waals surface area contributed by atoms with Crippen LogP contribution in [0.1, 0.15) is 54.6 Å². The molecule has 0 N–H and O–H groups in total. The second-order valence-electron chi connectivity index (χ2n) is 6.33. The van der Waals surface area contributed by atoms with E-state index in [1.54, 1.807) is 0 Å². The van der Waals surface area contributed by atoms with Crippen LogP contribution >= 0.6 is 15.9 Å². The molecule has 0 spiro atoms. The van der Waals surface area contributed by atoms with Gasteiger partial charge in [0.1, 0.15) is 0 Å². The molecule has 0 aliphatic rings. The van der Waals surface area contributed by atoms with E-state index in [9.17, 15) is 4.79 Å². The molecule has 2 rings (SSSR count). The van der Waals surface area contributed by atoms with Crippen molar-refractivity contribution in [1.29, 1.82) is 0 Å². The van der Waals surface area contributed by atoms with Gasteiger partial charge in [0.15, 0.2) is 5.78 Å². The summed E-state index contributed by atoms with van der Waals surface area (Å²) in [5.74, 6) is 0.641. The highest BCUT2D eigenvalue weighted by Gasteiger charge is 2.06. The first-order valence-corrected chi connectivity index (χ1v) is 9.17. The maximum absolute atomic E-state index is 9.69. The quantitative estimate of drug-likeness (QED) is 0.525. The first kappa shape index (κ1) is 23.3. The molecular weight excluding hydrogens is 374 g/mol. The first-order chi connectivity index (χ1) is 11.6. The number of hydrogen-bond donors (Lipinski definition) is 0. The topological polar surface area (TPSA) is 30.0 Å². The van der Waals surface area contributed by atoms with Gasteiger partial charge in [-0.25, -0.2) is 0 Å². The van der Waals surface area contributed by atoms with Crippen LogP contribution in [0.2, 0.25) is 0 Å². The van der Waals surface area contributed by atoms with Gasteiger partial charge in [0.25, 0.3) is 0 Å². The van der Waals surface area contributed by atoms with Crippen LogP contribution in [0.5, 0.6) is 0 Å². The SMILES string of the molecule is C=CC(C)=O.Cc1c(Br)ccc(C(C)C)c1C.Cc1ccc(C)nc1. The maximum Gasteiger partial charge on any atom is 0.152 e. The van der Waals surface area contributed by atoms with E-state index < -0.39 is 0 Å². The van der Waals surface area contributed by atoms with Crippen LogP contribution in [0.3, 0.4) is 0 Å². The molecule has 0 saturated heterocycles. The van der Waals surface area contributed by atoms with Crippen LogP contribution in [-0.4, -0.2) is 10.8 Å².